The normalized spacial score (nSPS) is 28.2. The molecule has 2 saturated heterocycles. The Morgan fingerprint density at radius 3 is 3.00 bits per heavy atom. The van der Waals surface area contributed by atoms with Crippen molar-refractivity contribution < 1.29 is 14.3 Å². The molecule has 2 heterocycles. The van der Waals surface area contributed by atoms with Crippen LogP contribution in [0.3, 0.4) is 0 Å². The van der Waals surface area contributed by atoms with Gasteiger partial charge in [0, 0.05) is 18.1 Å². The molecule has 1 unspecified atom stereocenters. The zero-order chi connectivity index (χ0) is 13.0. The lowest BCUT2D eigenvalue weighted by molar-refractivity contribution is -0.154. The summed E-state index contributed by atoms with van der Waals surface area (Å²) in [7, 11) is 0. The molecule has 2 aliphatic heterocycles. The summed E-state index contributed by atoms with van der Waals surface area (Å²) in [6.45, 7) is 3.69. The number of hydrogen-bond acceptors (Lipinski definition) is 5. The number of ether oxygens (including phenoxy) is 1. The molecule has 2 aliphatic rings. The fourth-order valence-electron chi connectivity index (χ4n) is 2.40. The van der Waals surface area contributed by atoms with E-state index < -0.39 is 6.04 Å². The molecule has 2 rings (SSSR count). The highest BCUT2D eigenvalue weighted by Crippen LogP contribution is 2.20. The summed E-state index contributed by atoms with van der Waals surface area (Å²) in [5.74, 6) is 1.34. The Bertz CT molecular complexity index is 318. The Hall–Kier alpha value is -0.750. The highest BCUT2D eigenvalue weighted by molar-refractivity contribution is 7.99. The van der Waals surface area contributed by atoms with Gasteiger partial charge in [0.15, 0.2) is 0 Å². The van der Waals surface area contributed by atoms with E-state index in [1.807, 2.05) is 0 Å². The van der Waals surface area contributed by atoms with Gasteiger partial charge in [0.2, 0.25) is 5.91 Å². The van der Waals surface area contributed by atoms with E-state index in [4.69, 9.17) is 4.74 Å². The van der Waals surface area contributed by atoms with Crippen molar-refractivity contribution >= 4 is 23.6 Å². The molecule has 1 N–H and O–H groups in total. The van der Waals surface area contributed by atoms with Crippen molar-refractivity contribution in [1.82, 2.24) is 10.2 Å². The first-order valence-corrected chi connectivity index (χ1v) is 7.67. The number of nitrogens with zero attached hydrogens (tertiary/aromatic N) is 1. The monoisotopic (exact) mass is 272 g/mol. The Morgan fingerprint density at radius 1 is 1.50 bits per heavy atom. The van der Waals surface area contributed by atoms with Crippen LogP contribution in [0.5, 0.6) is 0 Å². The van der Waals surface area contributed by atoms with Crippen LogP contribution in [0.25, 0.3) is 0 Å². The average molecular weight is 272 g/mol. The van der Waals surface area contributed by atoms with Crippen LogP contribution in [-0.4, -0.2) is 60.1 Å². The van der Waals surface area contributed by atoms with Crippen LogP contribution in [0, 0.1) is 0 Å². The number of carbonyl (C=O) groups is 2. The van der Waals surface area contributed by atoms with Crippen molar-refractivity contribution in [3.63, 3.8) is 0 Å². The number of esters is 1. The third-order valence-corrected chi connectivity index (χ3v) is 4.35. The van der Waals surface area contributed by atoms with Crippen LogP contribution in [0.2, 0.25) is 0 Å². The van der Waals surface area contributed by atoms with Gasteiger partial charge in [-0.25, -0.2) is 4.79 Å². The van der Waals surface area contributed by atoms with Crippen LogP contribution in [-0.2, 0) is 14.3 Å². The molecule has 2 fully saturated rings. The number of carbonyl (C=O) groups excluding carboxylic acids is 2. The molecular weight excluding hydrogens is 252 g/mol. The summed E-state index contributed by atoms with van der Waals surface area (Å²) < 4.78 is 5.06. The van der Waals surface area contributed by atoms with Crippen molar-refractivity contribution in [2.75, 3.05) is 31.2 Å². The summed E-state index contributed by atoms with van der Waals surface area (Å²) in [4.78, 5) is 25.9. The molecule has 6 heteroatoms. The van der Waals surface area contributed by atoms with E-state index in [1.54, 1.807) is 23.6 Å². The molecule has 0 saturated carbocycles. The lowest BCUT2D eigenvalue weighted by Gasteiger charge is -2.35. The molecule has 1 amide bonds. The minimum Gasteiger partial charge on any atom is -0.464 e. The molecule has 0 spiro atoms. The van der Waals surface area contributed by atoms with Gasteiger partial charge in [0.25, 0.3) is 0 Å². The molecule has 0 aromatic rings. The fourth-order valence-corrected chi connectivity index (χ4v) is 3.43. The molecule has 5 nitrogen and oxygen atoms in total. The third-order valence-electron chi connectivity index (χ3n) is 3.33. The van der Waals surface area contributed by atoms with Crippen LogP contribution in [0.4, 0.5) is 0 Å². The number of rotatable bonds is 3. The quantitative estimate of drug-likeness (QED) is 0.746. The van der Waals surface area contributed by atoms with Gasteiger partial charge in [-0.1, -0.05) is 0 Å². The maximum Gasteiger partial charge on any atom is 0.329 e. The van der Waals surface area contributed by atoms with E-state index >= 15 is 0 Å². The maximum absolute atomic E-state index is 12.4. The number of amides is 1. The lowest BCUT2D eigenvalue weighted by atomic mass is 10.1. The summed E-state index contributed by atoms with van der Waals surface area (Å²) >= 11 is 1.71. The minimum absolute atomic E-state index is 0.0610. The number of hydrogen-bond donors (Lipinski definition) is 1. The summed E-state index contributed by atoms with van der Waals surface area (Å²) in [5, 5.41) is 3.20. The Labute approximate surface area is 112 Å². The van der Waals surface area contributed by atoms with E-state index in [1.165, 1.54) is 0 Å². The van der Waals surface area contributed by atoms with Gasteiger partial charge in [-0.15, -0.1) is 0 Å². The Kier molecular flexibility index (Phi) is 4.88. The second-order valence-electron chi connectivity index (χ2n) is 4.52. The molecule has 0 aromatic carbocycles. The standard InChI is InChI=1S/C12H20N2O3S/c1-2-17-12(16)10-8-18-7-6-14(10)11(15)9-4-3-5-13-9/h9-10,13H,2-8H2,1H3/t9-,10?/m0/s1. The van der Waals surface area contributed by atoms with E-state index in [2.05, 4.69) is 5.32 Å². The van der Waals surface area contributed by atoms with Gasteiger partial charge < -0.3 is 15.0 Å². The van der Waals surface area contributed by atoms with E-state index in [-0.39, 0.29) is 17.9 Å². The molecular formula is C12H20N2O3S. The van der Waals surface area contributed by atoms with Crippen molar-refractivity contribution in [3.05, 3.63) is 0 Å². The van der Waals surface area contributed by atoms with Crippen LogP contribution < -0.4 is 5.32 Å². The second kappa shape index (κ2) is 6.43. The zero-order valence-electron chi connectivity index (χ0n) is 10.7. The van der Waals surface area contributed by atoms with Crippen molar-refractivity contribution in [3.8, 4) is 0 Å². The van der Waals surface area contributed by atoms with Gasteiger partial charge >= 0.3 is 5.97 Å². The summed E-state index contributed by atoms with van der Waals surface area (Å²) in [5.41, 5.74) is 0. The first-order valence-electron chi connectivity index (χ1n) is 6.52. The first kappa shape index (κ1) is 13.7. The zero-order valence-corrected chi connectivity index (χ0v) is 11.5. The maximum atomic E-state index is 12.4. The van der Waals surface area contributed by atoms with Gasteiger partial charge in [0.05, 0.1) is 12.6 Å². The van der Waals surface area contributed by atoms with Gasteiger partial charge in [-0.2, -0.15) is 11.8 Å². The molecule has 0 aliphatic carbocycles. The Morgan fingerprint density at radius 2 is 2.33 bits per heavy atom. The van der Waals surface area contributed by atoms with Crippen LogP contribution in [0.1, 0.15) is 19.8 Å². The molecule has 2 atom stereocenters. The fraction of sp³-hybridized carbons (Fsp3) is 0.833. The van der Waals surface area contributed by atoms with Gasteiger partial charge in [-0.05, 0) is 26.3 Å². The van der Waals surface area contributed by atoms with Gasteiger partial charge in [-0.3, -0.25) is 4.79 Å². The van der Waals surface area contributed by atoms with E-state index in [0.29, 0.717) is 18.9 Å². The highest BCUT2D eigenvalue weighted by atomic mass is 32.2. The number of thioether (sulfide) groups is 1. The Balaban J connectivity index is 2.02. The van der Waals surface area contributed by atoms with Gasteiger partial charge in [0.1, 0.15) is 6.04 Å². The molecule has 18 heavy (non-hydrogen) atoms. The molecule has 102 valence electrons. The minimum atomic E-state index is -0.404. The second-order valence-corrected chi connectivity index (χ2v) is 5.67. The SMILES string of the molecule is CCOC(=O)C1CSCCN1C(=O)[C@@H]1CCCN1. The topological polar surface area (TPSA) is 58.6 Å². The van der Waals surface area contributed by atoms with E-state index in [0.717, 1.165) is 25.1 Å². The number of nitrogens with one attached hydrogen (secondary N) is 1. The lowest BCUT2D eigenvalue weighted by Crippen LogP contribution is -2.55. The van der Waals surface area contributed by atoms with Crippen molar-refractivity contribution in [2.24, 2.45) is 0 Å². The largest absolute Gasteiger partial charge is 0.464 e. The third kappa shape index (κ3) is 2.98. The van der Waals surface area contributed by atoms with Crippen molar-refractivity contribution in [2.45, 2.75) is 31.8 Å². The molecule has 0 bridgehead atoms. The average Bonchev–Trinajstić information content (AvgIpc) is 2.92. The predicted octanol–water partition coefficient (Wildman–Crippen LogP) is 0.245. The highest BCUT2D eigenvalue weighted by Gasteiger charge is 2.37. The first-order chi connectivity index (χ1) is 8.74. The molecule has 0 aromatic heterocycles. The summed E-state index contributed by atoms with van der Waals surface area (Å²) in [6.07, 6.45) is 1.90. The summed E-state index contributed by atoms with van der Waals surface area (Å²) in [6, 6.07) is -0.511. The predicted molar refractivity (Wildman–Crippen MR) is 70.5 cm³/mol. The van der Waals surface area contributed by atoms with E-state index in [9.17, 15) is 9.59 Å². The van der Waals surface area contributed by atoms with Crippen LogP contribution >= 0.6 is 11.8 Å². The molecule has 0 radical (unpaired) electrons. The smallest absolute Gasteiger partial charge is 0.329 e. The van der Waals surface area contributed by atoms with Crippen molar-refractivity contribution in [1.29, 1.82) is 0 Å². The van der Waals surface area contributed by atoms with Crippen LogP contribution in [0.15, 0.2) is 0 Å².